The van der Waals surface area contributed by atoms with E-state index in [2.05, 4.69) is 38.8 Å². The molecule has 0 aliphatic carbocycles. The summed E-state index contributed by atoms with van der Waals surface area (Å²) in [6, 6.07) is 0. The van der Waals surface area contributed by atoms with Crippen LogP contribution in [0.3, 0.4) is 0 Å². The average Bonchev–Trinajstić information content (AvgIpc) is 2.48. The van der Waals surface area contributed by atoms with Gasteiger partial charge in [0.05, 0.1) is 14.6 Å². The Kier molecular flexibility index (Phi) is 3.71. The SMILES string of the molecule is C#CC(C)(C)NCc1ncc(I)s1. The predicted octanol–water partition coefficient (Wildman–Crippen LogP) is 2.25. The standard InChI is InChI=1S/C9H11IN2S/c1-4-9(2,3)12-6-8-11-5-7(10)13-8/h1,5,12H,6H2,2-3H3. The molecule has 1 aromatic heterocycles. The third-order valence-electron chi connectivity index (χ3n) is 1.57. The monoisotopic (exact) mass is 306 g/mol. The van der Waals surface area contributed by atoms with Crippen molar-refractivity contribution in [2.45, 2.75) is 25.9 Å². The summed E-state index contributed by atoms with van der Waals surface area (Å²) in [6.07, 6.45) is 7.21. The van der Waals surface area contributed by atoms with Crippen LogP contribution in [0.1, 0.15) is 18.9 Å². The number of hydrogen-bond acceptors (Lipinski definition) is 3. The maximum Gasteiger partial charge on any atom is 0.107 e. The molecule has 1 heterocycles. The first-order valence-corrected chi connectivity index (χ1v) is 5.76. The van der Waals surface area contributed by atoms with E-state index in [0.717, 1.165) is 11.6 Å². The highest BCUT2D eigenvalue weighted by Crippen LogP contribution is 2.15. The highest BCUT2D eigenvalue weighted by atomic mass is 127. The van der Waals surface area contributed by atoms with Crippen molar-refractivity contribution in [1.82, 2.24) is 10.3 Å². The fourth-order valence-electron chi connectivity index (χ4n) is 0.717. The Morgan fingerprint density at radius 3 is 2.92 bits per heavy atom. The molecule has 1 N–H and O–H groups in total. The van der Waals surface area contributed by atoms with Crippen molar-refractivity contribution in [3.63, 3.8) is 0 Å². The van der Waals surface area contributed by atoms with Crippen molar-refractivity contribution in [2.75, 3.05) is 0 Å². The molecule has 0 aliphatic heterocycles. The Labute approximate surface area is 96.3 Å². The van der Waals surface area contributed by atoms with Crippen LogP contribution in [0.5, 0.6) is 0 Å². The van der Waals surface area contributed by atoms with Crippen molar-refractivity contribution < 1.29 is 0 Å². The van der Waals surface area contributed by atoms with Crippen LogP contribution in [0.4, 0.5) is 0 Å². The molecule has 0 aliphatic rings. The molecule has 0 radical (unpaired) electrons. The Balaban J connectivity index is 2.49. The summed E-state index contributed by atoms with van der Waals surface area (Å²) < 4.78 is 1.20. The third kappa shape index (κ3) is 3.63. The molecule has 0 saturated carbocycles. The van der Waals surface area contributed by atoms with E-state index in [1.54, 1.807) is 11.3 Å². The van der Waals surface area contributed by atoms with Crippen LogP contribution in [0.25, 0.3) is 0 Å². The molecule has 0 fully saturated rings. The average molecular weight is 306 g/mol. The van der Waals surface area contributed by atoms with E-state index in [9.17, 15) is 0 Å². The van der Waals surface area contributed by atoms with Crippen LogP contribution < -0.4 is 5.32 Å². The van der Waals surface area contributed by atoms with Gasteiger partial charge >= 0.3 is 0 Å². The van der Waals surface area contributed by atoms with E-state index in [1.165, 1.54) is 2.88 Å². The van der Waals surface area contributed by atoms with E-state index in [4.69, 9.17) is 6.42 Å². The van der Waals surface area contributed by atoms with Gasteiger partial charge in [-0.2, -0.15) is 0 Å². The van der Waals surface area contributed by atoms with Crippen LogP contribution in [-0.2, 0) is 6.54 Å². The lowest BCUT2D eigenvalue weighted by Crippen LogP contribution is -2.36. The van der Waals surface area contributed by atoms with Crippen LogP contribution in [-0.4, -0.2) is 10.5 Å². The molecule has 70 valence electrons. The molecular formula is C9H11IN2S. The van der Waals surface area contributed by atoms with Crippen molar-refractivity contribution in [3.8, 4) is 12.3 Å². The molecule has 2 nitrogen and oxygen atoms in total. The van der Waals surface area contributed by atoms with Gasteiger partial charge in [-0.25, -0.2) is 4.98 Å². The fourth-order valence-corrected chi connectivity index (χ4v) is 2.20. The minimum atomic E-state index is -0.253. The lowest BCUT2D eigenvalue weighted by Gasteiger charge is -2.18. The van der Waals surface area contributed by atoms with E-state index >= 15 is 0 Å². The van der Waals surface area contributed by atoms with Gasteiger partial charge in [0.2, 0.25) is 0 Å². The molecule has 0 aromatic carbocycles. The van der Waals surface area contributed by atoms with Crippen LogP contribution in [0, 0.1) is 15.2 Å². The zero-order valence-corrected chi connectivity index (χ0v) is 10.6. The Morgan fingerprint density at radius 1 is 1.77 bits per heavy atom. The number of halogens is 1. The number of nitrogens with one attached hydrogen (secondary N) is 1. The van der Waals surface area contributed by atoms with Gasteiger partial charge < -0.3 is 0 Å². The zero-order chi connectivity index (χ0) is 9.90. The third-order valence-corrected chi connectivity index (χ3v) is 3.29. The molecule has 1 rings (SSSR count). The first kappa shape index (κ1) is 11.0. The summed E-state index contributed by atoms with van der Waals surface area (Å²) in [5.74, 6) is 2.68. The van der Waals surface area contributed by atoms with E-state index < -0.39 is 0 Å². The lowest BCUT2D eigenvalue weighted by molar-refractivity contribution is 0.490. The van der Waals surface area contributed by atoms with Crippen LogP contribution in [0.2, 0.25) is 0 Å². The second-order valence-corrected chi connectivity index (χ2v) is 6.19. The molecule has 0 bridgehead atoms. The van der Waals surface area contributed by atoms with E-state index in [0.29, 0.717) is 0 Å². The molecule has 4 heteroatoms. The maximum atomic E-state index is 5.34. The van der Waals surface area contributed by atoms with E-state index in [1.807, 2.05) is 20.0 Å². The molecule has 0 atom stereocenters. The van der Waals surface area contributed by atoms with Crippen molar-refractivity contribution >= 4 is 33.9 Å². The van der Waals surface area contributed by atoms with Crippen LogP contribution in [0.15, 0.2) is 6.20 Å². The van der Waals surface area contributed by atoms with Crippen molar-refractivity contribution in [2.24, 2.45) is 0 Å². The molecule has 0 spiro atoms. The molecule has 1 aromatic rings. The van der Waals surface area contributed by atoms with E-state index in [-0.39, 0.29) is 5.54 Å². The number of thiazole rings is 1. The summed E-state index contributed by atoms with van der Waals surface area (Å²) in [4.78, 5) is 4.23. The second kappa shape index (κ2) is 4.40. The number of terminal acetylenes is 1. The molecule has 0 unspecified atom stereocenters. The Morgan fingerprint density at radius 2 is 2.46 bits per heavy atom. The minimum Gasteiger partial charge on any atom is -0.295 e. The van der Waals surface area contributed by atoms with Gasteiger partial charge in [0.1, 0.15) is 5.01 Å². The second-order valence-electron chi connectivity index (χ2n) is 3.18. The minimum absolute atomic E-state index is 0.253. The molecular weight excluding hydrogens is 295 g/mol. The first-order chi connectivity index (χ1) is 6.03. The predicted molar refractivity (Wildman–Crippen MR) is 64.6 cm³/mol. The van der Waals surface area contributed by atoms with Gasteiger partial charge in [-0.1, -0.05) is 5.92 Å². The van der Waals surface area contributed by atoms with Gasteiger partial charge in [-0.3, -0.25) is 5.32 Å². The summed E-state index contributed by atoms with van der Waals surface area (Å²) >= 11 is 3.94. The molecule has 0 saturated heterocycles. The molecule has 13 heavy (non-hydrogen) atoms. The summed E-state index contributed by atoms with van der Waals surface area (Å²) in [5.41, 5.74) is -0.253. The zero-order valence-electron chi connectivity index (χ0n) is 7.60. The maximum absolute atomic E-state index is 5.34. The van der Waals surface area contributed by atoms with Gasteiger partial charge in [-0.15, -0.1) is 17.8 Å². The highest BCUT2D eigenvalue weighted by molar-refractivity contribution is 14.1. The Bertz CT molecular complexity index is 325. The topological polar surface area (TPSA) is 24.9 Å². The highest BCUT2D eigenvalue weighted by Gasteiger charge is 2.12. The largest absolute Gasteiger partial charge is 0.295 e. The number of hydrogen-bond donors (Lipinski definition) is 1. The number of aromatic nitrogens is 1. The van der Waals surface area contributed by atoms with Gasteiger partial charge in [0, 0.05) is 6.54 Å². The summed E-state index contributed by atoms with van der Waals surface area (Å²) in [6.45, 7) is 4.70. The lowest BCUT2D eigenvalue weighted by atomic mass is 10.1. The molecule has 0 amide bonds. The quantitative estimate of drug-likeness (QED) is 0.684. The fraction of sp³-hybridized carbons (Fsp3) is 0.444. The van der Waals surface area contributed by atoms with Gasteiger partial charge in [0.15, 0.2) is 0 Å². The van der Waals surface area contributed by atoms with Crippen molar-refractivity contribution in [1.29, 1.82) is 0 Å². The normalized spacial score (nSPS) is 11.2. The number of nitrogens with zero attached hydrogens (tertiary/aromatic N) is 1. The smallest absolute Gasteiger partial charge is 0.107 e. The summed E-state index contributed by atoms with van der Waals surface area (Å²) in [5, 5.41) is 4.32. The first-order valence-electron chi connectivity index (χ1n) is 3.86. The van der Waals surface area contributed by atoms with Gasteiger partial charge in [0.25, 0.3) is 0 Å². The van der Waals surface area contributed by atoms with Crippen molar-refractivity contribution in [3.05, 3.63) is 14.1 Å². The Hall–Kier alpha value is -0.120. The van der Waals surface area contributed by atoms with Gasteiger partial charge in [-0.05, 0) is 36.4 Å². The van der Waals surface area contributed by atoms with Crippen LogP contribution >= 0.6 is 33.9 Å². The number of rotatable bonds is 3. The summed E-state index contributed by atoms with van der Waals surface area (Å²) in [7, 11) is 0.